The fourth-order valence-corrected chi connectivity index (χ4v) is 1.81. The highest BCUT2D eigenvalue weighted by molar-refractivity contribution is 9.10. The van der Waals surface area contributed by atoms with Crippen molar-refractivity contribution in [2.24, 2.45) is 5.73 Å². The molecule has 0 saturated carbocycles. The SMILES string of the molecule is CC(N)Cc1cccn2c(Br)nnc12. The number of nitrogens with two attached hydrogens (primary N) is 1. The Hall–Kier alpha value is -0.940. The van der Waals surface area contributed by atoms with Gasteiger partial charge in [-0.15, -0.1) is 10.2 Å². The van der Waals surface area contributed by atoms with Gasteiger partial charge in [-0.25, -0.2) is 0 Å². The van der Waals surface area contributed by atoms with E-state index in [1.807, 2.05) is 29.7 Å². The Balaban J connectivity index is 2.54. The summed E-state index contributed by atoms with van der Waals surface area (Å²) in [5.41, 5.74) is 7.75. The van der Waals surface area contributed by atoms with Crippen molar-refractivity contribution in [1.82, 2.24) is 14.6 Å². The van der Waals surface area contributed by atoms with Gasteiger partial charge < -0.3 is 5.73 Å². The first-order valence-electron chi connectivity index (χ1n) is 4.42. The predicted molar refractivity (Wildman–Crippen MR) is 58.0 cm³/mol. The summed E-state index contributed by atoms with van der Waals surface area (Å²) in [6.07, 6.45) is 2.74. The smallest absolute Gasteiger partial charge is 0.204 e. The third-order valence-corrected chi connectivity index (χ3v) is 2.56. The first-order valence-corrected chi connectivity index (χ1v) is 5.21. The molecule has 2 heterocycles. The summed E-state index contributed by atoms with van der Waals surface area (Å²) in [5, 5.41) is 8.03. The topological polar surface area (TPSA) is 56.2 Å². The van der Waals surface area contributed by atoms with Crippen LogP contribution in [0.2, 0.25) is 0 Å². The standard InChI is InChI=1S/C9H11BrN4/c1-6(11)5-7-3-2-4-14-8(7)12-13-9(14)10/h2-4,6H,5,11H2,1H3. The lowest BCUT2D eigenvalue weighted by Crippen LogP contribution is -2.18. The van der Waals surface area contributed by atoms with Crippen LogP contribution >= 0.6 is 15.9 Å². The molecule has 0 bridgehead atoms. The zero-order chi connectivity index (χ0) is 10.1. The third-order valence-electron chi connectivity index (χ3n) is 2.02. The summed E-state index contributed by atoms with van der Waals surface area (Å²) in [6, 6.07) is 4.13. The third kappa shape index (κ3) is 1.65. The molecule has 14 heavy (non-hydrogen) atoms. The minimum atomic E-state index is 0.136. The summed E-state index contributed by atoms with van der Waals surface area (Å²) >= 11 is 3.33. The second-order valence-electron chi connectivity index (χ2n) is 3.38. The molecule has 2 aromatic rings. The van der Waals surface area contributed by atoms with Gasteiger partial charge in [-0.1, -0.05) is 6.07 Å². The van der Waals surface area contributed by atoms with Crippen molar-refractivity contribution in [3.05, 3.63) is 28.6 Å². The van der Waals surface area contributed by atoms with Gasteiger partial charge in [-0.2, -0.15) is 0 Å². The van der Waals surface area contributed by atoms with E-state index in [1.54, 1.807) is 0 Å². The Labute approximate surface area is 90.3 Å². The van der Waals surface area contributed by atoms with Crippen LogP contribution in [0.5, 0.6) is 0 Å². The molecule has 0 spiro atoms. The Morgan fingerprint density at radius 1 is 1.57 bits per heavy atom. The lowest BCUT2D eigenvalue weighted by molar-refractivity contribution is 0.738. The highest BCUT2D eigenvalue weighted by Crippen LogP contribution is 2.14. The van der Waals surface area contributed by atoms with E-state index >= 15 is 0 Å². The summed E-state index contributed by atoms with van der Waals surface area (Å²) in [4.78, 5) is 0. The van der Waals surface area contributed by atoms with E-state index < -0.39 is 0 Å². The number of halogens is 1. The summed E-state index contributed by atoms with van der Waals surface area (Å²) < 4.78 is 2.62. The van der Waals surface area contributed by atoms with E-state index in [4.69, 9.17) is 5.73 Å². The maximum absolute atomic E-state index is 5.75. The largest absolute Gasteiger partial charge is 0.328 e. The van der Waals surface area contributed by atoms with Gasteiger partial charge in [0.1, 0.15) is 0 Å². The molecule has 0 radical (unpaired) electrons. The number of fused-ring (bicyclic) bond motifs is 1. The van der Waals surface area contributed by atoms with Gasteiger partial charge in [0.25, 0.3) is 0 Å². The molecular formula is C9H11BrN4. The van der Waals surface area contributed by atoms with Gasteiger partial charge >= 0.3 is 0 Å². The fraction of sp³-hybridized carbons (Fsp3) is 0.333. The number of hydrogen-bond donors (Lipinski definition) is 1. The number of pyridine rings is 1. The average Bonchev–Trinajstić information content (AvgIpc) is 2.49. The highest BCUT2D eigenvalue weighted by Gasteiger charge is 2.07. The zero-order valence-electron chi connectivity index (χ0n) is 7.81. The van der Waals surface area contributed by atoms with Gasteiger partial charge in [0.2, 0.25) is 4.73 Å². The van der Waals surface area contributed by atoms with E-state index in [0.717, 1.165) is 22.4 Å². The monoisotopic (exact) mass is 254 g/mol. The second-order valence-corrected chi connectivity index (χ2v) is 4.09. The molecule has 1 unspecified atom stereocenters. The quantitative estimate of drug-likeness (QED) is 0.882. The van der Waals surface area contributed by atoms with Gasteiger partial charge in [0.15, 0.2) is 5.65 Å². The Morgan fingerprint density at radius 3 is 3.07 bits per heavy atom. The Kier molecular flexibility index (Phi) is 2.52. The average molecular weight is 255 g/mol. The lowest BCUT2D eigenvalue weighted by atomic mass is 10.1. The highest BCUT2D eigenvalue weighted by atomic mass is 79.9. The minimum absolute atomic E-state index is 0.136. The van der Waals surface area contributed by atoms with Crippen LogP contribution in [0, 0.1) is 0 Å². The Bertz CT molecular complexity index is 449. The van der Waals surface area contributed by atoms with Crippen LogP contribution in [0.3, 0.4) is 0 Å². The molecule has 0 saturated heterocycles. The molecule has 1 atom stereocenters. The van der Waals surface area contributed by atoms with Crippen molar-refractivity contribution in [2.75, 3.05) is 0 Å². The number of rotatable bonds is 2. The molecule has 0 aliphatic carbocycles. The molecule has 74 valence electrons. The number of nitrogens with zero attached hydrogens (tertiary/aromatic N) is 3. The van der Waals surface area contributed by atoms with E-state index in [1.165, 1.54) is 0 Å². The minimum Gasteiger partial charge on any atom is -0.328 e. The van der Waals surface area contributed by atoms with Crippen LogP contribution in [0.15, 0.2) is 23.1 Å². The fourth-order valence-electron chi connectivity index (χ4n) is 1.45. The van der Waals surface area contributed by atoms with Crippen LogP contribution in [0.4, 0.5) is 0 Å². The van der Waals surface area contributed by atoms with Crippen molar-refractivity contribution in [1.29, 1.82) is 0 Å². The lowest BCUT2D eigenvalue weighted by Gasteiger charge is -2.05. The molecule has 4 nitrogen and oxygen atoms in total. The maximum atomic E-state index is 5.75. The first-order chi connectivity index (χ1) is 6.68. The van der Waals surface area contributed by atoms with E-state index in [2.05, 4.69) is 26.1 Å². The van der Waals surface area contributed by atoms with E-state index in [-0.39, 0.29) is 6.04 Å². The van der Waals surface area contributed by atoms with Crippen molar-refractivity contribution in [2.45, 2.75) is 19.4 Å². The molecule has 2 rings (SSSR count). The van der Waals surface area contributed by atoms with E-state index in [9.17, 15) is 0 Å². The Morgan fingerprint density at radius 2 is 2.36 bits per heavy atom. The van der Waals surface area contributed by atoms with Gasteiger partial charge in [0, 0.05) is 12.2 Å². The van der Waals surface area contributed by atoms with Crippen LogP contribution < -0.4 is 5.73 Å². The first kappa shape index (κ1) is 9.61. The molecule has 0 fully saturated rings. The number of hydrogen-bond acceptors (Lipinski definition) is 3. The van der Waals surface area contributed by atoms with Crippen LogP contribution in [0.25, 0.3) is 5.65 Å². The second kappa shape index (κ2) is 3.67. The molecule has 0 aromatic carbocycles. The van der Waals surface area contributed by atoms with E-state index in [0.29, 0.717) is 0 Å². The van der Waals surface area contributed by atoms with Crippen molar-refractivity contribution < 1.29 is 0 Å². The molecule has 0 aliphatic heterocycles. The zero-order valence-corrected chi connectivity index (χ0v) is 9.40. The molecule has 0 aliphatic rings. The molecular weight excluding hydrogens is 244 g/mol. The summed E-state index contributed by atoms with van der Waals surface area (Å²) in [6.45, 7) is 1.98. The summed E-state index contributed by atoms with van der Waals surface area (Å²) in [5.74, 6) is 0. The van der Waals surface area contributed by atoms with Crippen molar-refractivity contribution in [3.8, 4) is 0 Å². The van der Waals surface area contributed by atoms with Crippen molar-refractivity contribution >= 4 is 21.6 Å². The van der Waals surface area contributed by atoms with Crippen LogP contribution in [0.1, 0.15) is 12.5 Å². The van der Waals surface area contributed by atoms with Crippen LogP contribution in [-0.2, 0) is 6.42 Å². The predicted octanol–water partition coefficient (Wildman–Crippen LogP) is 1.38. The van der Waals surface area contributed by atoms with Gasteiger partial charge in [-0.05, 0) is 40.9 Å². The normalized spacial score (nSPS) is 13.4. The molecule has 2 aromatic heterocycles. The number of aromatic nitrogens is 3. The maximum Gasteiger partial charge on any atom is 0.204 e. The summed E-state index contributed by atoms with van der Waals surface area (Å²) in [7, 11) is 0. The van der Waals surface area contributed by atoms with Crippen molar-refractivity contribution in [3.63, 3.8) is 0 Å². The molecule has 0 amide bonds. The van der Waals surface area contributed by atoms with Gasteiger partial charge in [-0.3, -0.25) is 4.40 Å². The van der Waals surface area contributed by atoms with Gasteiger partial charge in [0.05, 0.1) is 0 Å². The molecule has 5 heteroatoms. The molecule has 2 N–H and O–H groups in total. The van der Waals surface area contributed by atoms with Crippen LogP contribution in [-0.4, -0.2) is 20.6 Å².